The molecule has 2 aromatic rings. The lowest BCUT2D eigenvalue weighted by Crippen LogP contribution is -2.43. The summed E-state index contributed by atoms with van der Waals surface area (Å²) in [4.78, 5) is 51.3. The fourth-order valence-corrected chi connectivity index (χ4v) is 5.73. The normalized spacial score (nSPS) is 28.7. The van der Waals surface area contributed by atoms with Gasteiger partial charge in [0.15, 0.2) is 23.8 Å². The maximum absolute atomic E-state index is 12.5. The van der Waals surface area contributed by atoms with Crippen LogP contribution >= 0.6 is 0 Å². The number of imidazole rings is 1. The van der Waals surface area contributed by atoms with Gasteiger partial charge in [-0.2, -0.15) is 0 Å². The number of piperidine rings is 1. The maximum Gasteiger partial charge on any atom is 0.410 e. The zero-order chi connectivity index (χ0) is 28.7. The fourth-order valence-electron chi connectivity index (χ4n) is 5.73. The monoisotopic (exact) mass is 572 g/mol. The minimum absolute atomic E-state index is 0.0927. The number of hydrogen-bond donors (Lipinski definition) is 5. The van der Waals surface area contributed by atoms with Gasteiger partial charge in [-0.3, -0.25) is 14.2 Å². The number of aryl methyl sites for hydroxylation is 1. The van der Waals surface area contributed by atoms with Crippen molar-refractivity contribution in [1.82, 2.24) is 35.1 Å². The molecule has 41 heavy (non-hydrogen) atoms. The summed E-state index contributed by atoms with van der Waals surface area (Å²) in [6, 6.07) is 0.0927. The van der Waals surface area contributed by atoms with Crippen molar-refractivity contribution >= 4 is 34.9 Å². The lowest BCUT2D eigenvalue weighted by atomic mass is 9.91. The van der Waals surface area contributed by atoms with E-state index in [1.807, 2.05) is 0 Å². The van der Waals surface area contributed by atoms with Crippen LogP contribution in [0, 0.1) is 5.92 Å². The Morgan fingerprint density at radius 1 is 1.17 bits per heavy atom. The van der Waals surface area contributed by atoms with Gasteiger partial charge in [0, 0.05) is 25.6 Å². The Kier molecular flexibility index (Phi) is 7.66. The van der Waals surface area contributed by atoms with Gasteiger partial charge < -0.3 is 41.0 Å². The molecule has 2 aromatic heterocycles. The van der Waals surface area contributed by atoms with Crippen molar-refractivity contribution in [3.8, 4) is 0 Å². The summed E-state index contributed by atoms with van der Waals surface area (Å²) < 4.78 is 12.7. The molecule has 1 aliphatic carbocycles. The van der Waals surface area contributed by atoms with E-state index in [0.29, 0.717) is 49.0 Å². The highest BCUT2D eigenvalue weighted by Gasteiger charge is 2.48. The first-order valence-corrected chi connectivity index (χ1v) is 14.3. The molecule has 0 bridgehead atoms. The van der Waals surface area contributed by atoms with E-state index in [2.05, 4.69) is 25.6 Å². The Hall–Kier alpha value is -3.56. The molecule has 5 atom stereocenters. The standard InChI is InChI=1S/C26H36N8O7/c27-22-18-23(34(12-29-18)25-20(37)19(36)21(41-25)24(38)30-14-4-5-14)32-16(31-22)3-1-2-13-6-8-33(9-7-13)26(39)40-15-10-17(35)28-11-15/h12-15,19-21,25,36-37H,1-11H2,(H,28,35)(H,30,38)(H2,27,31,32)/t15?,19?,20-,21-,25+/m0/s1. The number of hydrogen-bond acceptors (Lipinski definition) is 11. The zero-order valence-corrected chi connectivity index (χ0v) is 22.6. The second-order valence-corrected chi connectivity index (χ2v) is 11.4. The molecular weight excluding hydrogens is 536 g/mol. The van der Waals surface area contributed by atoms with Crippen molar-refractivity contribution in [3.05, 3.63) is 12.2 Å². The van der Waals surface area contributed by atoms with Gasteiger partial charge in [0.2, 0.25) is 5.91 Å². The predicted octanol–water partition coefficient (Wildman–Crippen LogP) is -0.634. The zero-order valence-electron chi connectivity index (χ0n) is 22.6. The summed E-state index contributed by atoms with van der Waals surface area (Å²) in [5, 5.41) is 26.7. The first kappa shape index (κ1) is 27.6. The minimum Gasteiger partial charge on any atom is -0.444 e. The summed E-state index contributed by atoms with van der Waals surface area (Å²) in [6.45, 7) is 1.59. The summed E-state index contributed by atoms with van der Waals surface area (Å²) in [7, 11) is 0. The molecule has 222 valence electrons. The van der Waals surface area contributed by atoms with Gasteiger partial charge in [0.25, 0.3) is 5.91 Å². The summed E-state index contributed by atoms with van der Waals surface area (Å²) in [6.07, 6.45) is 1.68. The number of nitrogens with zero attached hydrogens (tertiary/aromatic N) is 5. The van der Waals surface area contributed by atoms with Crippen molar-refractivity contribution in [1.29, 1.82) is 0 Å². The molecule has 1 saturated carbocycles. The molecule has 5 heterocycles. The van der Waals surface area contributed by atoms with Crippen molar-refractivity contribution in [3.63, 3.8) is 0 Å². The van der Waals surface area contributed by atoms with Gasteiger partial charge in [-0.1, -0.05) is 0 Å². The molecule has 3 aliphatic heterocycles. The molecule has 3 amide bonds. The SMILES string of the molecule is Nc1nc(CCCC2CCN(C(=O)OC3CNC(=O)C3)CC2)nc2c1ncn2[C@@H]1O[C@H](C(=O)NC2CC2)C(O)[C@@H]1O. The fraction of sp³-hybridized carbons (Fsp3) is 0.692. The molecule has 6 N–H and O–H groups in total. The van der Waals surface area contributed by atoms with Crippen LogP contribution < -0.4 is 16.4 Å². The van der Waals surface area contributed by atoms with Gasteiger partial charge in [0.1, 0.15) is 29.7 Å². The van der Waals surface area contributed by atoms with E-state index in [1.54, 1.807) is 4.90 Å². The number of ether oxygens (including phenoxy) is 2. The number of aliphatic hydroxyl groups excluding tert-OH is 2. The molecular formula is C26H36N8O7. The molecule has 15 nitrogen and oxygen atoms in total. The van der Waals surface area contributed by atoms with Crippen LogP contribution in [-0.4, -0.2) is 103 Å². The van der Waals surface area contributed by atoms with E-state index in [0.717, 1.165) is 38.5 Å². The number of nitrogens with one attached hydrogen (secondary N) is 2. The number of carbonyl (C=O) groups is 3. The highest BCUT2D eigenvalue weighted by molar-refractivity contribution is 5.83. The van der Waals surface area contributed by atoms with Gasteiger partial charge in [-0.15, -0.1) is 0 Å². The number of likely N-dealkylation sites (tertiary alicyclic amines) is 1. The Morgan fingerprint density at radius 2 is 1.95 bits per heavy atom. The molecule has 15 heteroatoms. The number of aromatic nitrogens is 4. The quantitative estimate of drug-likeness (QED) is 0.269. The van der Waals surface area contributed by atoms with Gasteiger partial charge in [-0.25, -0.2) is 19.7 Å². The van der Waals surface area contributed by atoms with Crippen molar-refractivity contribution in [2.45, 2.75) is 88.1 Å². The third-order valence-electron chi connectivity index (χ3n) is 8.28. The van der Waals surface area contributed by atoms with E-state index in [1.165, 1.54) is 10.9 Å². The van der Waals surface area contributed by atoms with Crippen LogP contribution in [0.25, 0.3) is 11.2 Å². The topological polar surface area (TPSA) is 207 Å². The van der Waals surface area contributed by atoms with Crippen LogP contribution in [0.15, 0.2) is 6.33 Å². The number of rotatable bonds is 8. The number of carbonyl (C=O) groups excluding carboxylic acids is 3. The van der Waals surface area contributed by atoms with E-state index < -0.39 is 36.6 Å². The number of aliphatic hydroxyl groups is 2. The van der Waals surface area contributed by atoms with Crippen LogP contribution in [0.4, 0.5) is 10.6 Å². The first-order chi connectivity index (χ1) is 19.8. The highest BCUT2D eigenvalue weighted by Crippen LogP contribution is 2.33. The van der Waals surface area contributed by atoms with Gasteiger partial charge in [0.05, 0.1) is 19.3 Å². The maximum atomic E-state index is 12.5. The van der Waals surface area contributed by atoms with Crippen molar-refractivity contribution in [2.24, 2.45) is 5.92 Å². The van der Waals surface area contributed by atoms with Crippen LogP contribution in [0.3, 0.4) is 0 Å². The number of fused-ring (bicyclic) bond motifs is 1. The minimum atomic E-state index is -1.40. The van der Waals surface area contributed by atoms with Crippen LogP contribution in [0.2, 0.25) is 0 Å². The van der Waals surface area contributed by atoms with E-state index in [9.17, 15) is 24.6 Å². The average Bonchev–Trinajstić information content (AvgIpc) is 3.38. The summed E-state index contributed by atoms with van der Waals surface area (Å²) >= 11 is 0. The summed E-state index contributed by atoms with van der Waals surface area (Å²) in [5.41, 5.74) is 6.89. The van der Waals surface area contributed by atoms with E-state index in [-0.39, 0.29) is 30.3 Å². The van der Waals surface area contributed by atoms with Crippen LogP contribution in [0.1, 0.15) is 57.0 Å². The van der Waals surface area contributed by atoms with Crippen molar-refractivity contribution < 1.29 is 34.1 Å². The lowest BCUT2D eigenvalue weighted by Gasteiger charge is -2.32. The Morgan fingerprint density at radius 3 is 2.66 bits per heavy atom. The van der Waals surface area contributed by atoms with E-state index >= 15 is 0 Å². The van der Waals surface area contributed by atoms with Crippen LogP contribution in [0.5, 0.6) is 0 Å². The predicted molar refractivity (Wildman–Crippen MR) is 142 cm³/mol. The highest BCUT2D eigenvalue weighted by atomic mass is 16.6. The molecule has 0 aromatic carbocycles. The second kappa shape index (κ2) is 11.4. The van der Waals surface area contributed by atoms with Gasteiger partial charge >= 0.3 is 6.09 Å². The molecule has 4 aliphatic rings. The van der Waals surface area contributed by atoms with Crippen LogP contribution in [-0.2, 0) is 25.5 Å². The molecule has 6 rings (SSSR count). The second-order valence-electron chi connectivity index (χ2n) is 11.4. The molecule has 0 radical (unpaired) electrons. The Bertz CT molecular complexity index is 1310. The molecule has 3 saturated heterocycles. The third-order valence-corrected chi connectivity index (χ3v) is 8.28. The Balaban J connectivity index is 1.03. The number of anilines is 1. The number of nitrogen functional groups attached to an aromatic ring is 1. The van der Waals surface area contributed by atoms with E-state index in [4.69, 9.17) is 15.2 Å². The third kappa shape index (κ3) is 5.92. The number of amides is 3. The number of nitrogens with two attached hydrogens (primary N) is 1. The van der Waals surface area contributed by atoms with Crippen molar-refractivity contribution in [2.75, 3.05) is 25.4 Å². The average molecular weight is 573 g/mol. The first-order valence-electron chi connectivity index (χ1n) is 14.3. The molecule has 0 spiro atoms. The largest absolute Gasteiger partial charge is 0.444 e. The molecule has 2 unspecified atom stereocenters. The lowest BCUT2D eigenvalue weighted by molar-refractivity contribution is -0.137. The molecule has 4 fully saturated rings. The van der Waals surface area contributed by atoms with Gasteiger partial charge in [-0.05, 0) is 44.4 Å². The smallest absolute Gasteiger partial charge is 0.410 e. The Labute approximate surface area is 235 Å². The summed E-state index contributed by atoms with van der Waals surface area (Å²) in [5.74, 6) is 0.619.